The van der Waals surface area contributed by atoms with Crippen molar-refractivity contribution in [3.8, 4) is 0 Å². The Labute approximate surface area is 76.0 Å². The van der Waals surface area contributed by atoms with Crippen LogP contribution in [0.1, 0.15) is 24.3 Å². The third kappa shape index (κ3) is 1.63. The van der Waals surface area contributed by atoms with E-state index in [4.69, 9.17) is 0 Å². The highest BCUT2D eigenvalue weighted by Crippen LogP contribution is 2.31. The highest BCUT2D eigenvalue weighted by molar-refractivity contribution is 7.10. The van der Waals surface area contributed by atoms with E-state index in [2.05, 4.69) is 4.99 Å². The molecule has 0 amide bonds. The molecule has 12 heavy (non-hydrogen) atoms. The summed E-state index contributed by atoms with van der Waals surface area (Å²) >= 11 is 1.62. The van der Waals surface area contributed by atoms with Gasteiger partial charge in [-0.25, -0.2) is 4.79 Å². The number of aliphatic imine (C=N–C) groups is 1. The van der Waals surface area contributed by atoms with Gasteiger partial charge in [-0.15, -0.1) is 11.3 Å². The third-order valence-electron chi connectivity index (χ3n) is 1.74. The lowest BCUT2D eigenvalue weighted by molar-refractivity contribution is 0.527. The van der Waals surface area contributed by atoms with Crippen molar-refractivity contribution in [3.63, 3.8) is 0 Å². The molecule has 1 aromatic heterocycles. The molecule has 0 fully saturated rings. The molecule has 0 saturated heterocycles. The Kier molecular flexibility index (Phi) is 2.46. The molecule has 0 atom stereocenters. The number of nitrogens with zero attached hydrogens (tertiary/aromatic N) is 1. The number of hydrogen-bond acceptors (Lipinski definition) is 3. The number of carbonyl (C=O) groups excluding carboxylic acids is 1. The Balaban J connectivity index is 3.12. The molecule has 0 N–H and O–H groups in total. The van der Waals surface area contributed by atoms with Crippen molar-refractivity contribution < 1.29 is 4.79 Å². The second-order valence-corrected chi connectivity index (χ2v) is 4.11. The molecule has 64 valence electrons. The first kappa shape index (κ1) is 9.17. The van der Waals surface area contributed by atoms with Crippen LogP contribution >= 0.6 is 11.3 Å². The van der Waals surface area contributed by atoms with Gasteiger partial charge in [0.05, 0.1) is 0 Å². The smallest absolute Gasteiger partial charge is 0.211 e. The van der Waals surface area contributed by atoms with Gasteiger partial charge >= 0.3 is 0 Å². The van der Waals surface area contributed by atoms with E-state index >= 15 is 0 Å². The number of hydrogen-bond donors (Lipinski definition) is 0. The van der Waals surface area contributed by atoms with Crippen molar-refractivity contribution in [1.29, 1.82) is 0 Å². The predicted molar refractivity (Wildman–Crippen MR) is 50.2 cm³/mol. The van der Waals surface area contributed by atoms with E-state index in [1.165, 1.54) is 5.56 Å². The van der Waals surface area contributed by atoms with Gasteiger partial charge in [-0.1, -0.05) is 0 Å². The maximum atomic E-state index is 10.1. The average Bonchev–Trinajstić information content (AvgIpc) is 2.35. The fourth-order valence-electron chi connectivity index (χ4n) is 1.16. The van der Waals surface area contributed by atoms with Crippen LogP contribution in [0.25, 0.3) is 0 Å². The van der Waals surface area contributed by atoms with E-state index in [9.17, 15) is 4.79 Å². The molecule has 0 spiro atoms. The van der Waals surface area contributed by atoms with Gasteiger partial charge in [0, 0.05) is 4.88 Å². The summed E-state index contributed by atoms with van der Waals surface area (Å²) in [7, 11) is 0. The fourth-order valence-corrected chi connectivity index (χ4v) is 2.16. The van der Waals surface area contributed by atoms with Gasteiger partial charge in [0.2, 0.25) is 6.08 Å². The quantitative estimate of drug-likeness (QED) is 0.509. The maximum Gasteiger partial charge on any atom is 0.235 e. The minimum atomic E-state index is -0.417. The first-order valence-corrected chi connectivity index (χ1v) is 4.59. The van der Waals surface area contributed by atoms with Gasteiger partial charge in [-0.05, 0) is 37.8 Å². The van der Waals surface area contributed by atoms with Crippen LogP contribution in [0.2, 0.25) is 0 Å². The normalized spacial score (nSPS) is 10.9. The van der Waals surface area contributed by atoms with E-state index in [0.29, 0.717) is 0 Å². The van der Waals surface area contributed by atoms with Crippen LogP contribution in [0.3, 0.4) is 0 Å². The van der Waals surface area contributed by atoms with Crippen LogP contribution in [0.15, 0.2) is 16.4 Å². The Morgan fingerprint density at radius 1 is 1.58 bits per heavy atom. The van der Waals surface area contributed by atoms with Crippen molar-refractivity contribution >= 4 is 17.4 Å². The molecule has 1 heterocycles. The lowest BCUT2D eigenvalue weighted by atomic mass is 10.0. The van der Waals surface area contributed by atoms with Crippen LogP contribution in [0, 0.1) is 6.92 Å². The van der Waals surface area contributed by atoms with Gasteiger partial charge < -0.3 is 0 Å². The van der Waals surface area contributed by atoms with Gasteiger partial charge in [0.15, 0.2) is 0 Å². The minimum Gasteiger partial charge on any atom is -0.211 e. The van der Waals surface area contributed by atoms with E-state index in [1.807, 2.05) is 32.2 Å². The van der Waals surface area contributed by atoms with E-state index in [0.717, 1.165) is 4.88 Å². The maximum absolute atomic E-state index is 10.1. The zero-order valence-electron chi connectivity index (χ0n) is 7.42. The third-order valence-corrected chi connectivity index (χ3v) is 3.07. The molecule has 0 radical (unpaired) electrons. The average molecular weight is 181 g/mol. The van der Waals surface area contributed by atoms with Crippen molar-refractivity contribution in [1.82, 2.24) is 0 Å². The molecule has 0 saturated carbocycles. The Bertz CT molecular complexity index is 321. The van der Waals surface area contributed by atoms with E-state index in [-0.39, 0.29) is 0 Å². The Morgan fingerprint density at radius 3 is 2.67 bits per heavy atom. The van der Waals surface area contributed by atoms with Gasteiger partial charge in [0.25, 0.3) is 0 Å². The van der Waals surface area contributed by atoms with Crippen molar-refractivity contribution in [2.75, 3.05) is 0 Å². The van der Waals surface area contributed by atoms with Crippen molar-refractivity contribution in [3.05, 3.63) is 21.9 Å². The van der Waals surface area contributed by atoms with Gasteiger partial charge in [-0.2, -0.15) is 4.99 Å². The first-order chi connectivity index (χ1) is 5.58. The molecule has 1 rings (SSSR count). The summed E-state index contributed by atoms with van der Waals surface area (Å²) in [6.45, 7) is 5.85. The molecule has 0 bridgehead atoms. The molecular weight excluding hydrogens is 170 g/mol. The van der Waals surface area contributed by atoms with Gasteiger partial charge in [-0.3, -0.25) is 0 Å². The molecule has 1 aromatic rings. The number of thiophene rings is 1. The fraction of sp³-hybridized carbons (Fsp3) is 0.444. The van der Waals surface area contributed by atoms with Crippen LogP contribution < -0.4 is 0 Å². The summed E-state index contributed by atoms with van der Waals surface area (Å²) in [5.74, 6) is 0. The summed E-state index contributed by atoms with van der Waals surface area (Å²) in [4.78, 5) is 15.0. The summed E-state index contributed by atoms with van der Waals surface area (Å²) in [6, 6.07) is 2.03. The molecule has 3 heteroatoms. The standard InChI is InChI=1S/C9H11NOS/c1-7-4-5-12-8(7)9(2,3)10-6-11/h4-5H,1-3H3. The second kappa shape index (κ2) is 3.21. The molecule has 0 unspecified atom stereocenters. The lowest BCUT2D eigenvalue weighted by Gasteiger charge is -2.16. The van der Waals surface area contributed by atoms with Crippen LogP contribution in [-0.2, 0) is 10.3 Å². The monoisotopic (exact) mass is 181 g/mol. The summed E-state index contributed by atoms with van der Waals surface area (Å²) < 4.78 is 0. The molecule has 0 aromatic carbocycles. The van der Waals surface area contributed by atoms with E-state index < -0.39 is 5.54 Å². The van der Waals surface area contributed by atoms with Crippen LogP contribution in [0.4, 0.5) is 0 Å². The molecular formula is C9H11NOS. The molecule has 0 aliphatic carbocycles. The summed E-state index contributed by atoms with van der Waals surface area (Å²) in [6.07, 6.45) is 1.61. The zero-order valence-corrected chi connectivity index (χ0v) is 8.23. The highest BCUT2D eigenvalue weighted by atomic mass is 32.1. The summed E-state index contributed by atoms with van der Waals surface area (Å²) in [5.41, 5.74) is 0.768. The molecule has 2 nitrogen and oxygen atoms in total. The second-order valence-electron chi connectivity index (χ2n) is 3.19. The number of aryl methyl sites for hydroxylation is 1. The predicted octanol–water partition coefficient (Wildman–Crippen LogP) is 2.63. The molecule has 0 aliphatic rings. The van der Waals surface area contributed by atoms with Crippen molar-refractivity contribution in [2.45, 2.75) is 26.3 Å². The number of isocyanates is 1. The topological polar surface area (TPSA) is 29.4 Å². The largest absolute Gasteiger partial charge is 0.235 e. The van der Waals surface area contributed by atoms with E-state index in [1.54, 1.807) is 17.4 Å². The lowest BCUT2D eigenvalue weighted by Crippen LogP contribution is -2.12. The highest BCUT2D eigenvalue weighted by Gasteiger charge is 2.22. The van der Waals surface area contributed by atoms with Crippen molar-refractivity contribution in [2.24, 2.45) is 4.99 Å². The Hall–Kier alpha value is -0.920. The van der Waals surface area contributed by atoms with Gasteiger partial charge in [0.1, 0.15) is 5.54 Å². The SMILES string of the molecule is Cc1ccsc1C(C)(C)N=C=O. The van der Waals surface area contributed by atoms with Crippen LogP contribution in [0.5, 0.6) is 0 Å². The zero-order chi connectivity index (χ0) is 9.19. The molecule has 0 aliphatic heterocycles. The Morgan fingerprint density at radius 2 is 2.25 bits per heavy atom. The number of rotatable bonds is 2. The first-order valence-electron chi connectivity index (χ1n) is 3.71. The summed E-state index contributed by atoms with van der Waals surface area (Å²) in [5, 5.41) is 2.01. The minimum absolute atomic E-state index is 0.417. The van der Waals surface area contributed by atoms with Crippen LogP contribution in [-0.4, -0.2) is 6.08 Å².